The molecule has 0 radical (unpaired) electrons. The molecule has 0 saturated carbocycles. The van der Waals surface area contributed by atoms with E-state index in [1.165, 1.54) is 0 Å². The first kappa shape index (κ1) is 17.1. The van der Waals surface area contributed by atoms with Crippen LogP contribution in [0.1, 0.15) is 11.3 Å². The van der Waals surface area contributed by atoms with E-state index in [0.29, 0.717) is 0 Å². The molecule has 6 nitrogen and oxygen atoms in total. The number of aromatic nitrogens is 1. The Morgan fingerprint density at radius 3 is 2.65 bits per heavy atom. The van der Waals surface area contributed by atoms with Gasteiger partial charge in [-0.15, -0.1) is 0 Å². The van der Waals surface area contributed by atoms with Gasteiger partial charge in [-0.25, -0.2) is 0 Å². The second-order valence-corrected chi connectivity index (χ2v) is 5.75. The van der Waals surface area contributed by atoms with Crippen LogP contribution in [0.15, 0.2) is 65.8 Å². The number of hydrogen-bond acceptors (Lipinski definition) is 5. The molecular formula is C20H18N6. The number of pyridine rings is 1. The lowest BCUT2D eigenvalue weighted by molar-refractivity contribution is 0.922. The van der Waals surface area contributed by atoms with Gasteiger partial charge in [0.2, 0.25) is 5.71 Å². The van der Waals surface area contributed by atoms with Gasteiger partial charge in [0.05, 0.1) is 11.2 Å². The molecular weight excluding hydrogens is 324 g/mol. The fourth-order valence-electron chi connectivity index (χ4n) is 2.62. The van der Waals surface area contributed by atoms with E-state index in [4.69, 9.17) is 21.4 Å². The summed E-state index contributed by atoms with van der Waals surface area (Å²) < 4.78 is 0. The molecule has 2 aromatic carbocycles. The van der Waals surface area contributed by atoms with Crippen LogP contribution in [0.3, 0.4) is 0 Å². The summed E-state index contributed by atoms with van der Waals surface area (Å²) in [6, 6.07) is 21.7. The van der Waals surface area contributed by atoms with Crippen LogP contribution in [0.4, 0.5) is 5.69 Å². The lowest BCUT2D eigenvalue weighted by Crippen LogP contribution is -2.22. The van der Waals surface area contributed by atoms with E-state index in [-0.39, 0.29) is 11.5 Å². The quantitative estimate of drug-likeness (QED) is 0.363. The number of nitrogens with zero attached hydrogens (tertiary/aromatic N) is 3. The molecule has 26 heavy (non-hydrogen) atoms. The van der Waals surface area contributed by atoms with E-state index < -0.39 is 0 Å². The Morgan fingerprint density at radius 2 is 1.85 bits per heavy atom. The van der Waals surface area contributed by atoms with Crippen molar-refractivity contribution in [1.29, 1.82) is 10.7 Å². The molecule has 6 heteroatoms. The average molecular weight is 342 g/mol. The first-order valence-corrected chi connectivity index (χ1v) is 8.18. The van der Waals surface area contributed by atoms with Crippen LogP contribution in [0.5, 0.6) is 0 Å². The van der Waals surface area contributed by atoms with Crippen LogP contribution in [0.25, 0.3) is 10.9 Å². The fourth-order valence-corrected chi connectivity index (χ4v) is 2.62. The van der Waals surface area contributed by atoms with Crippen molar-refractivity contribution in [3.8, 4) is 6.07 Å². The van der Waals surface area contributed by atoms with Crippen molar-refractivity contribution in [3.05, 3.63) is 71.9 Å². The highest BCUT2D eigenvalue weighted by atomic mass is 15.3. The Kier molecular flexibility index (Phi) is 5.20. The number of benzene rings is 2. The number of anilines is 1. The van der Waals surface area contributed by atoms with Crippen molar-refractivity contribution in [2.75, 3.05) is 5.43 Å². The number of amidine groups is 1. The number of nitriles is 1. The molecule has 0 atom stereocenters. The fraction of sp³-hybridized carbons (Fsp3) is 0.100. The predicted octanol–water partition coefficient (Wildman–Crippen LogP) is 3.25. The number of hydrazone groups is 1. The molecule has 0 aliphatic carbocycles. The van der Waals surface area contributed by atoms with Crippen molar-refractivity contribution in [2.45, 2.75) is 12.8 Å². The van der Waals surface area contributed by atoms with E-state index in [9.17, 15) is 0 Å². The number of rotatable bonds is 6. The van der Waals surface area contributed by atoms with Gasteiger partial charge in [0.15, 0.2) is 5.84 Å². The van der Waals surface area contributed by atoms with E-state index in [2.05, 4.69) is 16.6 Å². The van der Waals surface area contributed by atoms with Crippen LogP contribution in [0, 0.1) is 16.7 Å². The highest BCUT2D eigenvalue weighted by Crippen LogP contribution is 2.18. The largest absolute Gasteiger partial charge is 0.382 e. The average Bonchev–Trinajstić information content (AvgIpc) is 2.67. The summed E-state index contributed by atoms with van der Waals surface area (Å²) in [5.74, 6) is -0.363. The lowest BCUT2D eigenvalue weighted by atomic mass is 10.1. The topological polar surface area (TPSA) is 111 Å². The highest BCUT2D eigenvalue weighted by Gasteiger charge is 2.05. The van der Waals surface area contributed by atoms with Gasteiger partial charge in [-0.05, 0) is 36.6 Å². The SMILES string of the molecule is N#C/C(=N\Nc1ccccc1CCc1ccc2ccccc2n1)C(=N)N. The molecule has 3 aromatic rings. The Hall–Kier alpha value is -3.72. The zero-order chi connectivity index (χ0) is 18.4. The summed E-state index contributed by atoms with van der Waals surface area (Å²) in [4.78, 5) is 4.69. The minimum atomic E-state index is -0.363. The Bertz CT molecular complexity index is 1020. The summed E-state index contributed by atoms with van der Waals surface area (Å²) in [5.41, 5.74) is 11.8. The maximum atomic E-state index is 8.93. The van der Waals surface area contributed by atoms with Crippen molar-refractivity contribution < 1.29 is 0 Å². The molecule has 128 valence electrons. The van der Waals surface area contributed by atoms with Crippen molar-refractivity contribution in [3.63, 3.8) is 0 Å². The summed E-state index contributed by atoms with van der Waals surface area (Å²) in [6.07, 6.45) is 1.55. The van der Waals surface area contributed by atoms with Gasteiger partial charge in [-0.3, -0.25) is 15.8 Å². The van der Waals surface area contributed by atoms with Gasteiger partial charge in [-0.1, -0.05) is 42.5 Å². The number of hydrogen-bond donors (Lipinski definition) is 3. The lowest BCUT2D eigenvalue weighted by Gasteiger charge is -2.09. The molecule has 0 bridgehead atoms. The monoisotopic (exact) mass is 342 g/mol. The van der Waals surface area contributed by atoms with E-state index in [1.54, 1.807) is 6.07 Å². The van der Waals surface area contributed by atoms with E-state index in [0.717, 1.165) is 40.7 Å². The molecule has 1 heterocycles. The van der Waals surface area contributed by atoms with Gasteiger partial charge in [0, 0.05) is 11.1 Å². The Balaban J connectivity index is 1.75. The first-order valence-electron chi connectivity index (χ1n) is 8.18. The molecule has 0 saturated heterocycles. The molecule has 0 aliphatic heterocycles. The van der Waals surface area contributed by atoms with Gasteiger partial charge in [0.1, 0.15) is 6.07 Å². The third-order valence-corrected chi connectivity index (χ3v) is 3.97. The molecule has 0 spiro atoms. The minimum absolute atomic E-state index is 0.143. The maximum Gasteiger partial charge on any atom is 0.201 e. The third kappa shape index (κ3) is 4.02. The van der Waals surface area contributed by atoms with Gasteiger partial charge >= 0.3 is 0 Å². The first-order chi connectivity index (χ1) is 12.7. The third-order valence-electron chi connectivity index (χ3n) is 3.97. The van der Waals surface area contributed by atoms with Crippen molar-refractivity contribution >= 4 is 28.1 Å². The molecule has 1 aromatic heterocycles. The number of para-hydroxylation sites is 2. The normalized spacial score (nSPS) is 11.1. The van der Waals surface area contributed by atoms with E-state index in [1.807, 2.05) is 54.6 Å². The van der Waals surface area contributed by atoms with Crippen LogP contribution in [-0.4, -0.2) is 16.5 Å². The minimum Gasteiger partial charge on any atom is -0.382 e. The molecule has 0 amide bonds. The number of fused-ring (bicyclic) bond motifs is 1. The van der Waals surface area contributed by atoms with Crippen molar-refractivity contribution in [1.82, 2.24) is 4.98 Å². The van der Waals surface area contributed by atoms with Crippen LogP contribution in [-0.2, 0) is 12.8 Å². The Labute approximate surface area is 151 Å². The van der Waals surface area contributed by atoms with Crippen LogP contribution in [0.2, 0.25) is 0 Å². The summed E-state index contributed by atoms with van der Waals surface area (Å²) in [5, 5.41) is 21.3. The van der Waals surface area contributed by atoms with Gasteiger partial charge < -0.3 is 5.73 Å². The Morgan fingerprint density at radius 1 is 1.08 bits per heavy atom. The second kappa shape index (κ2) is 7.90. The molecule has 4 N–H and O–H groups in total. The molecule has 0 unspecified atom stereocenters. The molecule has 0 fully saturated rings. The zero-order valence-corrected chi connectivity index (χ0v) is 14.1. The maximum absolute atomic E-state index is 8.93. The highest BCUT2D eigenvalue weighted by molar-refractivity contribution is 6.45. The zero-order valence-electron chi connectivity index (χ0n) is 14.1. The molecule has 3 rings (SSSR count). The second-order valence-electron chi connectivity index (χ2n) is 5.75. The standard InChI is InChI=1S/C20H18N6/c21-13-19(20(22)23)26-25-18-8-4-2-6-15(18)10-12-16-11-9-14-5-1-3-7-17(14)24-16/h1-9,11,25H,10,12H2,(H3,22,23)/b26-19+. The van der Waals surface area contributed by atoms with E-state index >= 15 is 0 Å². The summed E-state index contributed by atoms with van der Waals surface area (Å²) in [7, 11) is 0. The smallest absolute Gasteiger partial charge is 0.201 e. The van der Waals surface area contributed by atoms with Gasteiger partial charge in [-0.2, -0.15) is 10.4 Å². The van der Waals surface area contributed by atoms with Crippen molar-refractivity contribution in [2.24, 2.45) is 10.8 Å². The summed E-state index contributed by atoms with van der Waals surface area (Å²) in [6.45, 7) is 0. The van der Waals surface area contributed by atoms with Crippen LogP contribution < -0.4 is 11.2 Å². The number of aryl methyl sites for hydroxylation is 2. The number of nitrogens with one attached hydrogen (secondary N) is 2. The molecule has 0 aliphatic rings. The van der Waals surface area contributed by atoms with Crippen LogP contribution >= 0.6 is 0 Å². The van der Waals surface area contributed by atoms with Gasteiger partial charge in [0.25, 0.3) is 0 Å². The summed E-state index contributed by atoms with van der Waals surface area (Å²) >= 11 is 0. The predicted molar refractivity (Wildman–Crippen MR) is 104 cm³/mol. The number of nitrogens with two attached hydrogens (primary N) is 1.